The summed E-state index contributed by atoms with van der Waals surface area (Å²) in [6.07, 6.45) is 1.93. The molecule has 0 saturated carbocycles. The highest BCUT2D eigenvalue weighted by atomic mass is 35.5. The maximum Gasteiger partial charge on any atom is 0.120 e. The van der Waals surface area contributed by atoms with Gasteiger partial charge in [-0.2, -0.15) is 0 Å². The molecular weight excluding hydrogens is 288 g/mol. The van der Waals surface area contributed by atoms with Crippen LogP contribution >= 0.6 is 11.6 Å². The first kappa shape index (κ1) is 15.8. The number of benzene rings is 1. The molecule has 1 N–H and O–H groups in total. The number of nitrogens with zero attached hydrogens (tertiary/aromatic N) is 3. The highest BCUT2D eigenvalue weighted by Gasteiger charge is 2.10. The van der Waals surface area contributed by atoms with E-state index in [2.05, 4.69) is 36.4 Å². The maximum absolute atomic E-state index is 5.90. The van der Waals surface area contributed by atoms with E-state index in [1.54, 1.807) is 10.7 Å². The van der Waals surface area contributed by atoms with Crippen molar-refractivity contribution in [3.63, 3.8) is 0 Å². The summed E-state index contributed by atoms with van der Waals surface area (Å²) in [5.74, 6) is 0.761. The van der Waals surface area contributed by atoms with Gasteiger partial charge in [0.05, 0.1) is 12.2 Å². The van der Waals surface area contributed by atoms with Gasteiger partial charge in [0.2, 0.25) is 0 Å². The summed E-state index contributed by atoms with van der Waals surface area (Å²) in [4.78, 5) is 0. The second-order valence-corrected chi connectivity index (χ2v) is 6.32. The Balaban J connectivity index is 1.78. The largest absolute Gasteiger partial charge is 0.492 e. The molecule has 6 heteroatoms. The number of aromatic nitrogens is 3. The minimum absolute atomic E-state index is 0.0689. The molecule has 1 aromatic carbocycles. The maximum atomic E-state index is 5.90. The molecule has 0 radical (unpaired) electrons. The predicted octanol–water partition coefficient (Wildman–Crippen LogP) is 2.90. The average Bonchev–Trinajstić information content (AvgIpc) is 2.84. The summed E-state index contributed by atoms with van der Waals surface area (Å²) in [5, 5.41) is 12.3. The number of halogens is 1. The lowest BCUT2D eigenvalue weighted by atomic mass is 10.1. The van der Waals surface area contributed by atoms with Gasteiger partial charge in [-0.1, -0.05) is 22.9 Å². The van der Waals surface area contributed by atoms with Crippen molar-refractivity contribution < 1.29 is 4.74 Å². The minimum atomic E-state index is 0.0689. The van der Waals surface area contributed by atoms with Crippen LogP contribution in [0.3, 0.4) is 0 Å². The molecule has 5 nitrogen and oxygen atoms in total. The number of hydrogen-bond acceptors (Lipinski definition) is 4. The Bertz CT molecular complexity index is 577. The second kappa shape index (κ2) is 6.91. The van der Waals surface area contributed by atoms with Crippen molar-refractivity contribution in [1.82, 2.24) is 20.3 Å². The highest BCUT2D eigenvalue weighted by molar-refractivity contribution is 6.30. The summed E-state index contributed by atoms with van der Waals surface area (Å²) in [6, 6.07) is 7.36. The van der Waals surface area contributed by atoms with Crippen LogP contribution in [0, 0.1) is 0 Å². The zero-order valence-corrected chi connectivity index (χ0v) is 13.4. The Morgan fingerprint density at radius 1 is 1.33 bits per heavy atom. The van der Waals surface area contributed by atoms with Gasteiger partial charge < -0.3 is 10.1 Å². The molecule has 21 heavy (non-hydrogen) atoms. The van der Waals surface area contributed by atoms with Gasteiger partial charge in [-0.05, 0) is 39.0 Å². The Kier molecular flexibility index (Phi) is 5.20. The lowest BCUT2D eigenvalue weighted by molar-refractivity contribution is 0.289. The fourth-order valence-electron chi connectivity index (χ4n) is 1.70. The van der Waals surface area contributed by atoms with E-state index in [1.165, 1.54) is 0 Å². The third kappa shape index (κ3) is 5.73. The van der Waals surface area contributed by atoms with Crippen LogP contribution in [0.4, 0.5) is 0 Å². The molecule has 0 aliphatic rings. The lowest BCUT2D eigenvalue weighted by Gasteiger charge is -2.19. The minimum Gasteiger partial charge on any atom is -0.492 e. The molecule has 0 aliphatic heterocycles. The van der Waals surface area contributed by atoms with Crippen LogP contribution in [0.2, 0.25) is 5.02 Å². The van der Waals surface area contributed by atoms with E-state index in [-0.39, 0.29) is 5.54 Å². The van der Waals surface area contributed by atoms with Gasteiger partial charge in [0.15, 0.2) is 0 Å². The van der Waals surface area contributed by atoms with Crippen LogP contribution in [-0.2, 0) is 13.1 Å². The van der Waals surface area contributed by atoms with Crippen LogP contribution < -0.4 is 10.1 Å². The SMILES string of the molecule is CC(C)(C)NCc1cn(CCOc2cccc(Cl)c2)nn1. The first-order chi connectivity index (χ1) is 9.92. The first-order valence-corrected chi connectivity index (χ1v) is 7.32. The van der Waals surface area contributed by atoms with E-state index in [0.29, 0.717) is 24.7 Å². The van der Waals surface area contributed by atoms with E-state index in [0.717, 1.165) is 11.4 Å². The normalized spacial score (nSPS) is 11.6. The molecule has 2 rings (SSSR count). The summed E-state index contributed by atoms with van der Waals surface area (Å²) >= 11 is 5.90. The van der Waals surface area contributed by atoms with Crippen molar-refractivity contribution in [1.29, 1.82) is 0 Å². The van der Waals surface area contributed by atoms with Crippen molar-refractivity contribution in [2.45, 2.75) is 39.4 Å². The molecule has 0 saturated heterocycles. The quantitative estimate of drug-likeness (QED) is 0.891. The number of rotatable bonds is 6. The molecule has 0 bridgehead atoms. The zero-order valence-electron chi connectivity index (χ0n) is 12.6. The smallest absolute Gasteiger partial charge is 0.120 e. The highest BCUT2D eigenvalue weighted by Crippen LogP contribution is 2.16. The van der Waals surface area contributed by atoms with Gasteiger partial charge in [-0.3, -0.25) is 0 Å². The summed E-state index contributed by atoms with van der Waals surface area (Å²) in [7, 11) is 0. The fourth-order valence-corrected chi connectivity index (χ4v) is 1.88. The fraction of sp³-hybridized carbons (Fsp3) is 0.467. The van der Waals surface area contributed by atoms with E-state index >= 15 is 0 Å². The van der Waals surface area contributed by atoms with Gasteiger partial charge in [0.25, 0.3) is 0 Å². The van der Waals surface area contributed by atoms with Crippen molar-refractivity contribution in [3.8, 4) is 5.75 Å². The topological polar surface area (TPSA) is 52.0 Å². The summed E-state index contributed by atoms with van der Waals surface area (Å²) in [6.45, 7) is 8.24. The zero-order chi connectivity index (χ0) is 15.3. The Morgan fingerprint density at radius 2 is 2.14 bits per heavy atom. The van der Waals surface area contributed by atoms with Gasteiger partial charge in [-0.15, -0.1) is 5.10 Å². The first-order valence-electron chi connectivity index (χ1n) is 6.95. The van der Waals surface area contributed by atoms with Crippen molar-refractivity contribution >= 4 is 11.6 Å². The van der Waals surface area contributed by atoms with Gasteiger partial charge in [0, 0.05) is 23.3 Å². The molecule has 0 atom stereocenters. The standard InChI is InChI=1S/C15H21ClN4O/c1-15(2,3)17-10-13-11-20(19-18-13)7-8-21-14-6-4-5-12(16)9-14/h4-6,9,11,17H,7-8,10H2,1-3H3. The molecule has 0 fully saturated rings. The van der Waals surface area contributed by atoms with Crippen LogP contribution in [0.5, 0.6) is 5.75 Å². The van der Waals surface area contributed by atoms with E-state index in [4.69, 9.17) is 16.3 Å². The van der Waals surface area contributed by atoms with Gasteiger partial charge in [-0.25, -0.2) is 4.68 Å². The van der Waals surface area contributed by atoms with Crippen molar-refractivity contribution in [3.05, 3.63) is 41.2 Å². The van der Waals surface area contributed by atoms with Crippen LogP contribution in [-0.4, -0.2) is 27.1 Å². The van der Waals surface area contributed by atoms with Gasteiger partial charge >= 0.3 is 0 Å². The van der Waals surface area contributed by atoms with Crippen LogP contribution in [0.25, 0.3) is 0 Å². The molecule has 1 heterocycles. The van der Waals surface area contributed by atoms with Crippen molar-refractivity contribution in [2.24, 2.45) is 0 Å². The Morgan fingerprint density at radius 3 is 2.86 bits per heavy atom. The molecule has 2 aromatic rings. The molecule has 0 amide bonds. The summed E-state index contributed by atoms with van der Waals surface area (Å²) < 4.78 is 7.41. The average molecular weight is 309 g/mol. The van der Waals surface area contributed by atoms with Crippen LogP contribution in [0.1, 0.15) is 26.5 Å². The predicted molar refractivity (Wildman–Crippen MR) is 83.6 cm³/mol. The lowest BCUT2D eigenvalue weighted by Crippen LogP contribution is -2.35. The van der Waals surface area contributed by atoms with Crippen LogP contribution in [0.15, 0.2) is 30.5 Å². The molecule has 1 aromatic heterocycles. The monoisotopic (exact) mass is 308 g/mol. The molecule has 114 valence electrons. The van der Waals surface area contributed by atoms with E-state index < -0.39 is 0 Å². The second-order valence-electron chi connectivity index (χ2n) is 5.88. The Labute approximate surface area is 130 Å². The third-order valence-electron chi connectivity index (χ3n) is 2.77. The number of ether oxygens (including phenoxy) is 1. The molecule has 0 spiro atoms. The molecular formula is C15H21ClN4O. The Hall–Kier alpha value is -1.59. The molecule has 0 aliphatic carbocycles. The summed E-state index contributed by atoms with van der Waals surface area (Å²) in [5.41, 5.74) is 0.993. The van der Waals surface area contributed by atoms with E-state index in [1.807, 2.05) is 24.4 Å². The number of nitrogens with one attached hydrogen (secondary N) is 1. The third-order valence-corrected chi connectivity index (χ3v) is 3.01. The van der Waals surface area contributed by atoms with Gasteiger partial charge in [0.1, 0.15) is 12.4 Å². The van der Waals surface area contributed by atoms with E-state index in [9.17, 15) is 0 Å². The van der Waals surface area contributed by atoms with Crippen molar-refractivity contribution in [2.75, 3.05) is 6.61 Å². The number of hydrogen-bond donors (Lipinski definition) is 1. The molecule has 0 unspecified atom stereocenters.